The lowest BCUT2D eigenvalue weighted by Gasteiger charge is -2.30. The molecule has 0 saturated carbocycles. The number of piperidine rings is 1. The average Bonchev–Trinajstić information content (AvgIpc) is 3.13. The molecular formula is C40H39N3O3S. The lowest BCUT2D eigenvalue weighted by atomic mass is 9.96. The topological polar surface area (TPSA) is 73.7 Å². The molecule has 6 nitrogen and oxygen atoms in total. The van der Waals surface area contributed by atoms with E-state index in [9.17, 15) is 14.7 Å². The number of amides is 1. The maximum absolute atomic E-state index is 13.0. The van der Waals surface area contributed by atoms with Crippen LogP contribution in [0.25, 0.3) is 22.3 Å². The van der Waals surface area contributed by atoms with Gasteiger partial charge < -0.3 is 10.0 Å². The summed E-state index contributed by atoms with van der Waals surface area (Å²) in [6.07, 6.45) is 4.76. The average molecular weight is 642 g/mol. The van der Waals surface area contributed by atoms with E-state index in [1.165, 1.54) is 27.1 Å². The second-order valence-electron chi connectivity index (χ2n) is 11.8. The van der Waals surface area contributed by atoms with Crippen molar-refractivity contribution in [2.75, 3.05) is 13.1 Å². The van der Waals surface area contributed by atoms with Crippen LogP contribution in [0.5, 0.6) is 0 Å². The van der Waals surface area contributed by atoms with Gasteiger partial charge in [0.05, 0.1) is 5.92 Å². The third-order valence-electron chi connectivity index (χ3n) is 8.70. The molecule has 6 rings (SSSR count). The number of carboxylic acid groups (broad SMARTS) is 1. The van der Waals surface area contributed by atoms with E-state index >= 15 is 0 Å². The van der Waals surface area contributed by atoms with Crippen molar-refractivity contribution in [1.29, 1.82) is 0 Å². The van der Waals surface area contributed by atoms with Gasteiger partial charge in [-0.25, -0.2) is 4.31 Å². The molecular weight excluding hydrogens is 603 g/mol. The lowest BCUT2D eigenvalue weighted by Crippen LogP contribution is -2.40. The molecule has 0 bridgehead atoms. The Morgan fingerprint density at radius 1 is 0.766 bits per heavy atom. The first-order chi connectivity index (χ1) is 23.0. The van der Waals surface area contributed by atoms with E-state index in [-0.39, 0.29) is 22.5 Å². The molecule has 1 fully saturated rings. The van der Waals surface area contributed by atoms with Gasteiger partial charge in [0.1, 0.15) is 0 Å². The first-order valence-electron chi connectivity index (χ1n) is 16.0. The zero-order valence-electron chi connectivity index (χ0n) is 26.5. The van der Waals surface area contributed by atoms with Crippen molar-refractivity contribution >= 4 is 27.9 Å². The third-order valence-corrected chi connectivity index (χ3v) is 10.7. The number of likely N-dealkylation sites (tertiary alicyclic amines) is 1. The first kappa shape index (κ1) is 32.1. The molecule has 1 atom stereocenters. The molecule has 1 amide bonds. The van der Waals surface area contributed by atoms with E-state index in [4.69, 9.17) is 0 Å². The van der Waals surface area contributed by atoms with Crippen molar-refractivity contribution < 1.29 is 14.7 Å². The van der Waals surface area contributed by atoms with Gasteiger partial charge in [-0.15, -0.1) is 0 Å². The number of carbonyl (C=O) groups excluding carboxylic acids is 1. The number of benzene rings is 4. The molecule has 1 N–H and O–H groups in total. The molecule has 1 aromatic heterocycles. The maximum atomic E-state index is 13.0. The van der Waals surface area contributed by atoms with Crippen LogP contribution in [0.3, 0.4) is 0 Å². The minimum atomic E-state index is -0.772. The zero-order chi connectivity index (χ0) is 32.6. The van der Waals surface area contributed by atoms with Crippen LogP contribution >= 0.6 is 10.7 Å². The van der Waals surface area contributed by atoms with E-state index < -0.39 is 5.97 Å². The van der Waals surface area contributed by atoms with Crippen LogP contribution in [0.15, 0.2) is 133 Å². The van der Waals surface area contributed by atoms with Crippen LogP contribution < -0.4 is 0 Å². The van der Waals surface area contributed by atoms with Crippen LogP contribution in [0, 0.1) is 5.92 Å². The van der Waals surface area contributed by atoms with Gasteiger partial charge in [-0.1, -0.05) is 95.6 Å². The monoisotopic (exact) mass is 641 g/mol. The number of carboxylic acids is 1. The number of carbonyl (C=O) groups is 2. The molecule has 0 radical (unpaired) electrons. The largest absolute Gasteiger partial charge is 0.481 e. The Kier molecular flexibility index (Phi) is 10.4. The number of aliphatic carboxylic acids is 1. The standard InChI is InChI=1S/C40H39N3O3S/c1-2-47(38-20-18-35(19-21-38)32-8-4-3-5-9-32)43(29-31-7-6-24-41-27-31)28-30-10-12-33(13-11-30)34-14-16-36(17-15-34)39(44)42-25-22-37(23-26-42)40(45)46/h2-21,24,27,37H,22-23,25-26,28-29H2,1H3,(H,45,46). The molecule has 7 heteroatoms. The summed E-state index contributed by atoms with van der Waals surface area (Å²) in [4.78, 5) is 31.7. The van der Waals surface area contributed by atoms with Crippen molar-refractivity contribution in [1.82, 2.24) is 14.2 Å². The summed E-state index contributed by atoms with van der Waals surface area (Å²) in [5.41, 5.74) is 7.58. The second-order valence-corrected chi connectivity index (χ2v) is 13.9. The Hall–Kier alpha value is -4.85. The molecule has 1 saturated heterocycles. The molecule has 1 aliphatic rings. The molecule has 1 aliphatic heterocycles. The zero-order valence-corrected chi connectivity index (χ0v) is 27.4. The van der Waals surface area contributed by atoms with Gasteiger partial charge in [-0.3, -0.25) is 14.6 Å². The van der Waals surface area contributed by atoms with Crippen LogP contribution in [-0.2, 0) is 17.9 Å². The molecule has 5 aromatic rings. The second kappa shape index (κ2) is 15.2. The van der Waals surface area contributed by atoms with Gasteiger partial charge in [0.15, 0.2) is 0 Å². The normalized spacial score (nSPS) is 14.3. The Morgan fingerprint density at radius 3 is 1.91 bits per heavy atom. The van der Waals surface area contributed by atoms with Crippen LogP contribution in [-0.4, -0.2) is 49.6 Å². The van der Waals surface area contributed by atoms with Crippen molar-refractivity contribution in [2.45, 2.75) is 37.8 Å². The molecule has 0 aliphatic carbocycles. The van der Waals surface area contributed by atoms with Crippen molar-refractivity contribution in [2.24, 2.45) is 5.92 Å². The Bertz CT molecular complexity index is 1820. The summed E-state index contributed by atoms with van der Waals surface area (Å²) >= 11 is 0. The highest BCUT2D eigenvalue weighted by Crippen LogP contribution is 2.35. The maximum Gasteiger partial charge on any atom is 0.306 e. The van der Waals surface area contributed by atoms with E-state index in [2.05, 4.69) is 100 Å². The minimum absolute atomic E-state index is 0.0396. The first-order valence-corrected chi connectivity index (χ1v) is 17.3. The van der Waals surface area contributed by atoms with E-state index in [1.807, 2.05) is 48.8 Å². The molecule has 2 heterocycles. The Labute approximate surface area is 279 Å². The van der Waals surface area contributed by atoms with E-state index in [1.54, 1.807) is 4.90 Å². The van der Waals surface area contributed by atoms with Gasteiger partial charge >= 0.3 is 5.97 Å². The number of hydrogen-bond donors (Lipinski definition) is 1. The van der Waals surface area contributed by atoms with E-state index in [0.717, 1.165) is 24.2 Å². The van der Waals surface area contributed by atoms with E-state index in [0.29, 0.717) is 31.5 Å². The van der Waals surface area contributed by atoms with Crippen LogP contribution in [0.2, 0.25) is 0 Å². The minimum Gasteiger partial charge on any atom is -0.481 e. The molecule has 4 aromatic carbocycles. The quantitative estimate of drug-likeness (QED) is 0.155. The van der Waals surface area contributed by atoms with Gasteiger partial charge in [0, 0.05) is 49.0 Å². The van der Waals surface area contributed by atoms with Gasteiger partial charge in [0.25, 0.3) is 5.91 Å². The smallest absolute Gasteiger partial charge is 0.306 e. The number of hydrogen-bond acceptors (Lipinski definition) is 4. The predicted octanol–water partition coefficient (Wildman–Crippen LogP) is 8.42. The highest BCUT2D eigenvalue weighted by atomic mass is 32.2. The number of nitrogens with zero attached hydrogens (tertiary/aromatic N) is 3. The summed E-state index contributed by atoms with van der Waals surface area (Å²) in [5.74, 6) is -1.17. The molecule has 47 heavy (non-hydrogen) atoms. The van der Waals surface area contributed by atoms with Crippen molar-refractivity contribution in [3.8, 4) is 22.3 Å². The van der Waals surface area contributed by atoms with Gasteiger partial charge in [0.2, 0.25) is 0 Å². The number of rotatable bonds is 10. The van der Waals surface area contributed by atoms with Crippen LogP contribution in [0.1, 0.15) is 41.3 Å². The summed E-state index contributed by atoms with van der Waals surface area (Å²) in [7, 11) is -0.238. The highest BCUT2D eigenvalue weighted by molar-refractivity contribution is 8.12. The summed E-state index contributed by atoms with van der Waals surface area (Å²) in [6, 6.07) is 39.9. The van der Waals surface area contributed by atoms with Gasteiger partial charge in [-0.05, 0) is 88.8 Å². The Balaban J connectivity index is 1.16. The SMILES string of the molecule is C/C=S(\c1ccc(-c2ccccc2)cc1)N(Cc1ccc(-c2ccc(C(=O)N3CCC(C(=O)O)CC3)cc2)cc1)Cc1cccnc1. The fourth-order valence-corrected chi connectivity index (χ4v) is 7.93. The molecule has 1 unspecified atom stereocenters. The van der Waals surface area contributed by atoms with Crippen molar-refractivity contribution in [3.63, 3.8) is 0 Å². The lowest BCUT2D eigenvalue weighted by molar-refractivity contribution is -0.143. The molecule has 0 spiro atoms. The predicted molar refractivity (Wildman–Crippen MR) is 191 cm³/mol. The van der Waals surface area contributed by atoms with Crippen LogP contribution in [0.4, 0.5) is 0 Å². The summed E-state index contributed by atoms with van der Waals surface area (Å²) in [6.45, 7) is 4.64. The molecule has 238 valence electrons. The summed E-state index contributed by atoms with van der Waals surface area (Å²) in [5, 5.41) is 11.5. The van der Waals surface area contributed by atoms with Crippen molar-refractivity contribution in [3.05, 3.63) is 144 Å². The third kappa shape index (κ3) is 7.94. The number of aromatic nitrogens is 1. The summed E-state index contributed by atoms with van der Waals surface area (Å²) < 4.78 is 2.50. The Morgan fingerprint density at radius 2 is 1.34 bits per heavy atom. The fraction of sp³-hybridized carbons (Fsp3) is 0.200. The highest BCUT2D eigenvalue weighted by Gasteiger charge is 2.27. The number of pyridine rings is 1. The van der Waals surface area contributed by atoms with Gasteiger partial charge in [-0.2, -0.15) is 0 Å². The fourth-order valence-electron chi connectivity index (χ4n) is 6.07.